The molecule has 5 rings (SSSR count). The summed E-state index contributed by atoms with van der Waals surface area (Å²) in [5.74, 6) is 1.45. The zero-order valence-electron chi connectivity index (χ0n) is 18.8. The van der Waals surface area contributed by atoms with Gasteiger partial charge in [0.15, 0.2) is 0 Å². The number of nitrogens with one attached hydrogen (secondary N) is 1. The lowest BCUT2D eigenvalue weighted by molar-refractivity contribution is -0.136. The summed E-state index contributed by atoms with van der Waals surface area (Å²) in [6, 6.07) is 3.95. The van der Waals surface area contributed by atoms with Crippen molar-refractivity contribution in [2.45, 2.75) is 76.9 Å². The van der Waals surface area contributed by atoms with Crippen LogP contribution < -0.4 is 5.56 Å². The van der Waals surface area contributed by atoms with Crippen LogP contribution in [0, 0.1) is 5.92 Å². The number of nitrogens with zero attached hydrogens (tertiary/aromatic N) is 4. The molecule has 170 valence electrons. The van der Waals surface area contributed by atoms with Crippen molar-refractivity contribution >= 4 is 5.91 Å². The van der Waals surface area contributed by atoms with Crippen LogP contribution in [-0.4, -0.2) is 43.7 Å². The van der Waals surface area contributed by atoms with E-state index < -0.39 is 0 Å². The molecule has 32 heavy (non-hydrogen) atoms. The predicted octanol–water partition coefficient (Wildman–Crippen LogP) is 3.36. The summed E-state index contributed by atoms with van der Waals surface area (Å²) in [4.78, 5) is 42.5. The lowest BCUT2D eigenvalue weighted by Crippen LogP contribution is -2.42. The number of piperidine rings is 1. The quantitative estimate of drug-likeness (QED) is 0.779. The minimum absolute atomic E-state index is 0.0256. The van der Waals surface area contributed by atoms with Crippen LogP contribution >= 0.6 is 0 Å². The van der Waals surface area contributed by atoms with Crippen molar-refractivity contribution in [1.82, 2.24) is 24.8 Å². The van der Waals surface area contributed by atoms with E-state index in [0.717, 1.165) is 50.2 Å². The third-order valence-corrected chi connectivity index (χ3v) is 7.40. The Hall–Kier alpha value is -2.54. The van der Waals surface area contributed by atoms with Crippen LogP contribution in [-0.2, 0) is 24.3 Å². The Balaban J connectivity index is 1.35. The van der Waals surface area contributed by atoms with Crippen molar-refractivity contribution < 1.29 is 4.79 Å². The van der Waals surface area contributed by atoms with Gasteiger partial charge in [-0.1, -0.05) is 12.8 Å². The summed E-state index contributed by atoms with van der Waals surface area (Å²) in [6.45, 7) is 3.10. The van der Waals surface area contributed by atoms with Gasteiger partial charge in [-0.3, -0.25) is 19.5 Å². The summed E-state index contributed by atoms with van der Waals surface area (Å²) in [5.41, 5.74) is 2.86. The molecule has 0 aromatic carbocycles. The molecule has 0 spiro atoms. The van der Waals surface area contributed by atoms with Crippen molar-refractivity contribution in [1.29, 1.82) is 0 Å². The summed E-state index contributed by atoms with van der Waals surface area (Å²) in [7, 11) is 0. The molecule has 2 aromatic heterocycles. The molecule has 1 unspecified atom stereocenters. The number of aromatic amines is 1. The lowest BCUT2D eigenvalue weighted by atomic mass is 9.97. The zero-order chi connectivity index (χ0) is 21.9. The first-order valence-corrected chi connectivity index (χ1v) is 12.2. The van der Waals surface area contributed by atoms with Crippen molar-refractivity contribution in [2.24, 2.45) is 5.92 Å². The number of pyridine rings is 1. The highest BCUT2D eigenvalue weighted by atomic mass is 16.2. The normalized spacial score (nSPS) is 22.1. The Labute approximate surface area is 189 Å². The van der Waals surface area contributed by atoms with E-state index in [4.69, 9.17) is 4.98 Å². The van der Waals surface area contributed by atoms with E-state index in [1.165, 1.54) is 31.2 Å². The topological polar surface area (TPSA) is 82.2 Å². The monoisotopic (exact) mass is 435 g/mol. The van der Waals surface area contributed by atoms with E-state index in [9.17, 15) is 9.59 Å². The van der Waals surface area contributed by atoms with E-state index in [1.54, 1.807) is 0 Å². The number of H-pyrrole nitrogens is 1. The van der Waals surface area contributed by atoms with Crippen molar-refractivity contribution in [2.75, 3.05) is 13.1 Å². The van der Waals surface area contributed by atoms with E-state index in [1.807, 2.05) is 29.4 Å². The molecule has 1 aliphatic carbocycles. The number of carbonyl (C=O) groups is 1. The summed E-state index contributed by atoms with van der Waals surface area (Å²) in [6.07, 6.45) is 12.8. The predicted molar refractivity (Wildman–Crippen MR) is 122 cm³/mol. The molecule has 1 saturated heterocycles. The molecule has 0 bridgehead atoms. The first kappa shape index (κ1) is 21.3. The van der Waals surface area contributed by atoms with Gasteiger partial charge in [0.2, 0.25) is 5.91 Å². The molecule has 0 radical (unpaired) electrons. The second-order valence-corrected chi connectivity index (χ2v) is 9.65. The Morgan fingerprint density at radius 1 is 1.06 bits per heavy atom. The molecular weight excluding hydrogens is 402 g/mol. The Kier molecular flexibility index (Phi) is 6.35. The maximum absolute atomic E-state index is 13.2. The molecule has 2 aliphatic heterocycles. The van der Waals surface area contributed by atoms with Gasteiger partial charge < -0.3 is 9.88 Å². The molecular formula is C25H33N5O2. The van der Waals surface area contributed by atoms with E-state index >= 15 is 0 Å². The Bertz CT molecular complexity index is 999. The number of amides is 1. The molecule has 2 aromatic rings. The minimum Gasteiger partial charge on any atom is -0.333 e. The number of carbonyl (C=O) groups excluding carboxylic acids is 1. The van der Waals surface area contributed by atoms with Crippen LogP contribution in [0.5, 0.6) is 0 Å². The van der Waals surface area contributed by atoms with Gasteiger partial charge in [-0.15, -0.1) is 0 Å². The molecule has 1 saturated carbocycles. The standard InChI is InChI=1S/C25H33N5O2/c31-23(15-18-5-1-2-6-18)30-13-4-3-7-22(30)24-27-21-17-29(14-10-20(21)25(32)28-24)16-19-8-11-26-12-9-19/h8-9,11-12,18,22H,1-7,10,13-17H2,(H,27,28,32). The average molecular weight is 436 g/mol. The fourth-order valence-corrected chi connectivity index (χ4v) is 5.65. The van der Waals surface area contributed by atoms with Gasteiger partial charge in [-0.05, 0) is 62.1 Å². The van der Waals surface area contributed by atoms with Crippen LogP contribution in [0.2, 0.25) is 0 Å². The second-order valence-electron chi connectivity index (χ2n) is 9.65. The molecule has 2 fully saturated rings. The average Bonchev–Trinajstić information content (AvgIpc) is 3.32. The number of likely N-dealkylation sites (tertiary alicyclic amines) is 1. The largest absolute Gasteiger partial charge is 0.333 e. The van der Waals surface area contributed by atoms with Gasteiger partial charge in [0.1, 0.15) is 5.82 Å². The Morgan fingerprint density at radius 3 is 2.66 bits per heavy atom. The van der Waals surface area contributed by atoms with E-state index in [-0.39, 0.29) is 17.5 Å². The lowest BCUT2D eigenvalue weighted by Gasteiger charge is -2.36. The van der Waals surface area contributed by atoms with E-state index in [2.05, 4.69) is 14.9 Å². The van der Waals surface area contributed by atoms with Gasteiger partial charge in [0.25, 0.3) is 5.56 Å². The second kappa shape index (κ2) is 9.53. The summed E-state index contributed by atoms with van der Waals surface area (Å²) >= 11 is 0. The first-order chi connectivity index (χ1) is 15.7. The van der Waals surface area contributed by atoms with Gasteiger partial charge in [0.05, 0.1) is 11.7 Å². The molecule has 3 aliphatic rings. The fourth-order valence-electron chi connectivity index (χ4n) is 5.65. The maximum Gasteiger partial charge on any atom is 0.254 e. The number of hydrogen-bond donors (Lipinski definition) is 1. The smallest absolute Gasteiger partial charge is 0.254 e. The molecule has 7 heteroatoms. The number of rotatable bonds is 5. The SMILES string of the molecule is O=C(CC1CCCC1)N1CCCCC1c1nc2c(c(=O)[nH]1)CCN(Cc1ccncc1)C2. The Morgan fingerprint density at radius 2 is 1.84 bits per heavy atom. The van der Waals surface area contributed by atoms with Crippen LogP contribution in [0.1, 0.15) is 80.1 Å². The van der Waals surface area contributed by atoms with Gasteiger partial charge in [-0.25, -0.2) is 4.98 Å². The molecule has 4 heterocycles. The van der Waals surface area contributed by atoms with Gasteiger partial charge in [-0.2, -0.15) is 0 Å². The number of aromatic nitrogens is 3. The van der Waals surface area contributed by atoms with Crippen molar-refractivity contribution in [3.05, 3.63) is 57.5 Å². The van der Waals surface area contributed by atoms with E-state index in [0.29, 0.717) is 31.1 Å². The van der Waals surface area contributed by atoms with Gasteiger partial charge in [0, 0.05) is 50.6 Å². The highest BCUT2D eigenvalue weighted by molar-refractivity contribution is 5.77. The fraction of sp³-hybridized carbons (Fsp3) is 0.600. The van der Waals surface area contributed by atoms with Crippen LogP contribution in [0.25, 0.3) is 0 Å². The van der Waals surface area contributed by atoms with Crippen LogP contribution in [0.4, 0.5) is 0 Å². The molecule has 1 atom stereocenters. The highest BCUT2D eigenvalue weighted by Gasteiger charge is 2.32. The van der Waals surface area contributed by atoms with Crippen molar-refractivity contribution in [3.63, 3.8) is 0 Å². The summed E-state index contributed by atoms with van der Waals surface area (Å²) < 4.78 is 0. The first-order valence-electron chi connectivity index (χ1n) is 12.2. The minimum atomic E-state index is -0.105. The number of hydrogen-bond acceptors (Lipinski definition) is 5. The zero-order valence-corrected chi connectivity index (χ0v) is 18.8. The maximum atomic E-state index is 13.2. The number of fused-ring (bicyclic) bond motifs is 1. The van der Waals surface area contributed by atoms with Crippen molar-refractivity contribution in [3.8, 4) is 0 Å². The van der Waals surface area contributed by atoms with Crippen LogP contribution in [0.15, 0.2) is 29.3 Å². The molecule has 7 nitrogen and oxygen atoms in total. The third kappa shape index (κ3) is 4.63. The van der Waals surface area contributed by atoms with Crippen LogP contribution in [0.3, 0.4) is 0 Å². The molecule has 1 N–H and O–H groups in total. The highest BCUT2D eigenvalue weighted by Crippen LogP contribution is 2.33. The third-order valence-electron chi connectivity index (χ3n) is 7.40. The molecule has 1 amide bonds. The summed E-state index contributed by atoms with van der Waals surface area (Å²) in [5, 5.41) is 0. The van der Waals surface area contributed by atoms with Gasteiger partial charge >= 0.3 is 0 Å².